The van der Waals surface area contributed by atoms with Gasteiger partial charge in [0, 0.05) is 18.5 Å². The molecule has 3 fully saturated rings. The van der Waals surface area contributed by atoms with Crippen LogP contribution < -0.4 is 14.8 Å². The Morgan fingerprint density at radius 3 is 2.68 bits per heavy atom. The Hall–Kier alpha value is -0.880. The normalized spacial score (nSPS) is 33.4. The van der Waals surface area contributed by atoms with Crippen LogP contribution in [0.4, 0.5) is 0 Å². The van der Waals surface area contributed by atoms with Gasteiger partial charge in [0.15, 0.2) is 0 Å². The summed E-state index contributed by atoms with van der Waals surface area (Å²) in [6, 6.07) is 0.492. The fourth-order valence-electron chi connectivity index (χ4n) is 3.29. The molecule has 3 atom stereocenters. The summed E-state index contributed by atoms with van der Waals surface area (Å²) in [7, 11) is 0. The van der Waals surface area contributed by atoms with E-state index in [1.54, 1.807) is 0 Å². The minimum absolute atomic E-state index is 0.259. The Balaban J connectivity index is 1.39. The Morgan fingerprint density at radius 1 is 1.16 bits per heavy atom. The molecule has 2 saturated carbocycles. The molecule has 1 aliphatic heterocycles. The van der Waals surface area contributed by atoms with Gasteiger partial charge in [-0.2, -0.15) is 0 Å². The fourth-order valence-corrected chi connectivity index (χ4v) is 3.73. The molecular formula is C13H19N3O2S. The molecule has 1 aromatic heterocycles. The van der Waals surface area contributed by atoms with E-state index in [9.17, 15) is 0 Å². The summed E-state index contributed by atoms with van der Waals surface area (Å²) in [5, 5.41) is 3.50. The second-order valence-electron chi connectivity index (χ2n) is 5.92. The van der Waals surface area contributed by atoms with Crippen LogP contribution in [0.3, 0.4) is 0 Å². The molecule has 0 aromatic carbocycles. The summed E-state index contributed by atoms with van der Waals surface area (Å²) in [6.45, 7) is 1.84. The minimum atomic E-state index is 0.259. The average molecular weight is 281 g/mol. The van der Waals surface area contributed by atoms with Crippen molar-refractivity contribution in [3.8, 4) is 11.8 Å². The molecule has 2 aliphatic carbocycles. The van der Waals surface area contributed by atoms with E-state index in [4.69, 9.17) is 9.47 Å². The summed E-state index contributed by atoms with van der Waals surface area (Å²) >= 11 is 1.18. The van der Waals surface area contributed by atoms with Crippen molar-refractivity contribution in [3.05, 3.63) is 0 Å². The molecule has 3 aliphatic rings. The summed E-state index contributed by atoms with van der Waals surface area (Å²) in [5.41, 5.74) is 0. The highest BCUT2D eigenvalue weighted by Crippen LogP contribution is 2.37. The quantitative estimate of drug-likeness (QED) is 0.892. The zero-order chi connectivity index (χ0) is 12.7. The molecule has 3 unspecified atom stereocenters. The Labute approximate surface area is 117 Å². The van der Waals surface area contributed by atoms with Crippen molar-refractivity contribution in [3.63, 3.8) is 0 Å². The van der Waals surface area contributed by atoms with E-state index in [0.717, 1.165) is 13.2 Å². The largest absolute Gasteiger partial charge is 0.473 e. The first kappa shape index (κ1) is 11.9. The van der Waals surface area contributed by atoms with Crippen LogP contribution in [0, 0.1) is 11.8 Å². The van der Waals surface area contributed by atoms with Crippen molar-refractivity contribution < 1.29 is 9.47 Å². The van der Waals surface area contributed by atoms with E-state index in [-0.39, 0.29) is 6.10 Å². The van der Waals surface area contributed by atoms with Crippen molar-refractivity contribution in [1.29, 1.82) is 0 Å². The van der Waals surface area contributed by atoms with E-state index in [1.807, 2.05) is 0 Å². The van der Waals surface area contributed by atoms with Crippen LogP contribution in [0.15, 0.2) is 0 Å². The van der Waals surface area contributed by atoms with Gasteiger partial charge in [-0.05, 0) is 31.6 Å². The van der Waals surface area contributed by atoms with Gasteiger partial charge < -0.3 is 14.8 Å². The number of hydrogen-bond acceptors (Lipinski definition) is 6. The van der Waals surface area contributed by atoms with Crippen LogP contribution in [0.25, 0.3) is 0 Å². The van der Waals surface area contributed by atoms with E-state index < -0.39 is 0 Å². The fraction of sp³-hybridized carbons (Fsp3) is 0.846. The Morgan fingerprint density at radius 2 is 2.05 bits per heavy atom. The monoisotopic (exact) mass is 281 g/mol. The molecule has 2 heterocycles. The highest BCUT2D eigenvalue weighted by Gasteiger charge is 2.44. The number of hydrogen-bond donors (Lipinski definition) is 1. The molecule has 1 saturated heterocycles. The number of nitrogens with one attached hydrogen (secondary N) is 1. The third-order valence-electron chi connectivity index (χ3n) is 4.71. The summed E-state index contributed by atoms with van der Waals surface area (Å²) < 4.78 is 20.3. The lowest BCUT2D eigenvalue weighted by Crippen LogP contribution is -2.31. The predicted octanol–water partition coefficient (Wildman–Crippen LogP) is 1.85. The third kappa shape index (κ3) is 2.21. The molecule has 0 spiro atoms. The zero-order valence-corrected chi connectivity index (χ0v) is 11.7. The lowest BCUT2D eigenvalue weighted by Gasteiger charge is -2.24. The number of fused-ring (bicyclic) bond motifs is 2. The molecule has 0 amide bonds. The summed E-state index contributed by atoms with van der Waals surface area (Å²) in [4.78, 5) is 0. The molecule has 0 radical (unpaired) electrons. The van der Waals surface area contributed by atoms with Gasteiger partial charge in [-0.3, -0.25) is 0 Å². The van der Waals surface area contributed by atoms with E-state index in [0.29, 0.717) is 29.6 Å². The van der Waals surface area contributed by atoms with Crippen LogP contribution in [-0.2, 0) is 0 Å². The Kier molecular flexibility index (Phi) is 3.07. The maximum Gasteiger partial charge on any atom is 0.291 e. The van der Waals surface area contributed by atoms with Crippen molar-refractivity contribution in [2.24, 2.45) is 11.8 Å². The van der Waals surface area contributed by atoms with Gasteiger partial charge in [-0.1, -0.05) is 6.42 Å². The predicted molar refractivity (Wildman–Crippen MR) is 71.7 cm³/mol. The van der Waals surface area contributed by atoms with E-state index >= 15 is 0 Å². The highest BCUT2D eigenvalue weighted by atomic mass is 32.1. The maximum absolute atomic E-state index is 6.07. The topological polar surface area (TPSA) is 56.3 Å². The summed E-state index contributed by atoms with van der Waals surface area (Å²) in [6.07, 6.45) is 6.64. The zero-order valence-electron chi connectivity index (χ0n) is 10.9. The minimum Gasteiger partial charge on any atom is -0.473 e. The molecule has 1 N–H and O–H groups in total. The number of ether oxygens (including phenoxy) is 2. The first-order chi connectivity index (χ1) is 9.40. The standard InChI is InChI=1S/C13H19N3O2S/c1-2-8(3-1)7-17-12-13(16-19-15-12)18-11-9-4-5-10(11)14-6-9/h8-11,14H,1-7H2. The van der Waals surface area contributed by atoms with Gasteiger partial charge in [-0.15, -0.1) is 8.75 Å². The number of nitrogens with zero attached hydrogens (tertiary/aromatic N) is 2. The lowest BCUT2D eigenvalue weighted by molar-refractivity contribution is 0.142. The average Bonchev–Trinajstić information content (AvgIpc) is 3.06. The second-order valence-corrected chi connectivity index (χ2v) is 6.45. The van der Waals surface area contributed by atoms with Gasteiger partial charge in [0.25, 0.3) is 11.8 Å². The smallest absolute Gasteiger partial charge is 0.291 e. The summed E-state index contributed by atoms with van der Waals surface area (Å²) in [5.74, 6) is 2.54. The molecular weight excluding hydrogens is 262 g/mol. The molecule has 19 heavy (non-hydrogen) atoms. The van der Waals surface area contributed by atoms with Crippen LogP contribution in [0.2, 0.25) is 0 Å². The Bertz CT molecular complexity index is 429. The third-order valence-corrected chi connectivity index (χ3v) is 5.21. The molecule has 4 rings (SSSR count). The van der Waals surface area contributed by atoms with E-state index in [1.165, 1.54) is 43.8 Å². The van der Waals surface area contributed by atoms with Gasteiger partial charge >= 0.3 is 0 Å². The van der Waals surface area contributed by atoms with Crippen LogP contribution >= 0.6 is 11.7 Å². The van der Waals surface area contributed by atoms with Crippen LogP contribution in [0.1, 0.15) is 32.1 Å². The van der Waals surface area contributed by atoms with E-state index in [2.05, 4.69) is 14.1 Å². The lowest BCUT2D eigenvalue weighted by atomic mass is 9.86. The van der Waals surface area contributed by atoms with Gasteiger partial charge in [0.2, 0.25) is 0 Å². The van der Waals surface area contributed by atoms with Crippen molar-refractivity contribution in [2.45, 2.75) is 44.2 Å². The molecule has 104 valence electrons. The molecule has 5 nitrogen and oxygen atoms in total. The maximum atomic E-state index is 6.07. The van der Waals surface area contributed by atoms with Crippen molar-refractivity contribution in [1.82, 2.24) is 14.1 Å². The first-order valence-corrected chi connectivity index (χ1v) is 7.98. The molecule has 1 aromatic rings. The van der Waals surface area contributed by atoms with Gasteiger partial charge in [-0.25, -0.2) is 0 Å². The SMILES string of the molecule is C1CC(COc2nsnc2OC2C3CCC2NC3)C1. The molecule has 2 bridgehead atoms. The van der Waals surface area contributed by atoms with Crippen LogP contribution in [0.5, 0.6) is 11.8 Å². The number of aromatic nitrogens is 2. The van der Waals surface area contributed by atoms with Crippen LogP contribution in [-0.4, -0.2) is 34.0 Å². The van der Waals surface area contributed by atoms with Gasteiger partial charge in [0.1, 0.15) is 6.10 Å². The number of rotatable bonds is 5. The van der Waals surface area contributed by atoms with Crippen molar-refractivity contribution in [2.75, 3.05) is 13.2 Å². The number of piperidine rings is 1. The molecule has 6 heteroatoms. The highest BCUT2D eigenvalue weighted by molar-refractivity contribution is 6.99. The second kappa shape index (κ2) is 4.90. The first-order valence-electron chi connectivity index (χ1n) is 7.25. The van der Waals surface area contributed by atoms with Crippen molar-refractivity contribution >= 4 is 11.7 Å². The van der Waals surface area contributed by atoms with Gasteiger partial charge in [0.05, 0.1) is 18.3 Å².